The summed E-state index contributed by atoms with van der Waals surface area (Å²) < 4.78 is 46.5. The zero-order valence-electron chi connectivity index (χ0n) is 14.7. The van der Waals surface area contributed by atoms with Gasteiger partial charge < -0.3 is 15.2 Å². The third-order valence-corrected chi connectivity index (χ3v) is 4.52. The third-order valence-electron chi connectivity index (χ3n) is 4.52. The molecule has 8 heteroatoms. The van der Waals surface area contributed by atoms with Crippen LogP contribution in [0.1, 0.15) is 38.2 Å². The van der Waals surface area contributed by atoms with Crippen molar-refractivity contribution in [2.45, 2.75) is 39.0 Å². The average Bonchev–Trinajstić information content (AvgIpc) is 2.51. The van der Waals surface area contributed by atoms with Gasteiger partial charge in [-0.1, -0.05) is 26.0 Å². The molecule has 0 saturated carbocycles. The molecule has 1 aromatic carbocycles. The van der Waals surface area contributed by atoms with Crippen molar-refractivity contribution in [3.05, 3.63) is 52.6 Å². The normalized spacial score (nSPS) is 22.1. The van der Waals surface area contributed by atoms with E-state index in [1.807, 2.05) is 19.9 Å². The number of carbonyl (C=O) groups excluding carboxylic acids is 1. The summed E-state index contributed by atoms with van der Waals surface area (Å²) >= 11 is 0. The first-order valence-corrected chi connectivity index (χ1v) is 8.20. The van der Waals surface area contributed by atoms with Crippen LogP contribution in [0.25, 0.3) is 0 Å². The van der Waals surface area contributed by atoms with Crippen LogP contribution >= 0.6 is 0 Å². The van der Waals surface area contributed by atoms with E-state index in [4.69, 9.17) is 10.5 Å². The van der Waals surface area contributed by atoms with Crippen LogP contribution in [0.2, 0.25) is 0 Å². The Morgan fingerprint density at radius 3 is 2.44 bits per heavy atom. The zero-order valence-corrected chi connectivity index (χ0v) is 14.7. The summed E-state index contributed by atoms with van der Waals surface area (Å²) in [6.45, 7) is 3.85. The summed E-state index contributed by atoms with van der Waals surface area (Å²) in [6, 6.07) is 7.02. The van der Waals surface area contributed by atoms with Gasteiger partial charge in [-0.25, -0.2) is 0 Å². The molecule has 3 rings (SSSR count). The van der Waals surface area contributed by atoms with Gasteiger partial charge in [0, 0.05) is 18.4 Å². The summed E-state index contributed by atoms with van der Waals surface area (Å²) in [5.41, 5.74) is 6.44. The van der Waals surface area contributed by atoms with Crippen LogP contribution in [0, 0.1) is 16.7 Å². The fourth-order valence-corrected chi connectivity index (χ4v) is 3.48. The maximum absolute atomic E-state index is 12.8. The minimum absolute atomic E-state index is 0.0614. The van der Waals surface area contributed by atoms with Crippen LogP contribution in [0.3, 0.4) is 0 Å². The lowest BCUT2D eigenvalue weighted by Gasteiger charge is -2.37. The van der Waals surface area contributed by atoms with Crippen LogP contribution in [0.4, 0.5) is 13.2 Å². The van der Waals surface area contributed by atoms with Gasteiger partial charge in [-0.3, -0.25) is 4.79 Å². The number of allylic oxidation sites excluding steroid dienone is 3. The molecule has 0 saturated heterocycles. The van der Waals surface area contributed by atoms with Gasteiger partial charge in [0.25, 0.3) is 0 Å². The van der Waals surface area contributed by atoms with E-state index in [9.17, 15) is 23.2 Å². The minimum Gasteiger partial charge on any atom is -0.444 e. The number of ketones is 1. The van der Waals surface area contributed by atoms with Crippen LogP contribution in [-0.4, -0.2) is 12.1 Å². The van der Waals surface area contributed by atoms with Gasteiger partial charge in [-0.05, 0) is 23.1 Å². The van der Waals surface area contributed by atoms with Crippen molar-refractivity contribution in [2.24, 2.45) is 11.1 Å². The lowest BCUT2D eigenvalue weighted by molar-refractivity contribution is -0.274. The highest BCUT2D eigenvalue weighted by atomic mass is 19.4. The number of ether oxygens (including phenoxy) is 2. The Bertz CT molecular complexity index is 890. The molecule has 27 heavy (non-hydrogen) atoms. The molecule has 1 aliphatic carbocycles. The van der Waals surface area contributed by atoms with E-state index in [1.165, 1.54) is 12.1 Å². The number of nitriles is 1. The van der Waals surface area contributed by atoms with Gasteiger partial charge in [0.1, 0.15) is 23.2 Å². The molecule has 0 fully saturated rings. The first kappa shape index (κ1) is 18.8. The Kier molecular flexibility index (Phi) is 4.42. The Hall–Kier alpha value is -2.95. The Balaban J connectivity index is 2.05. The standard InChI is InChI=1S/C19H17F3N2O3/c1-18(2)7-13(25)16-14(8-18)26-17(24)12(9-23)15(16)10-3-5-11(6-4-10)27-19(20,21)22/h3-6,15H,7-8,24H2,1-2H3. The SMILES string of the molecule is CC1(C)CC(=O)C2=C(C1)OC(N)=C(C#N)C2c1ccc(OC(F)(F)F)cc1. The molecule has 142 valence electrons. The molecule has 1 unspecified atom stereocenters. The van der Waals surface area contributed by atoms with Gasteiger partial charge >= 0.3 is 6.36 Å². The zero-order chi connectivity index (χ0) is 20.0. The summed E-state index contributed by atoms with van der Waals surface area (Å²) in [6.07, 6.45) is -4.05. The molecule has 1 heterocycles. The molecule has 0 aromatic heterocycles. The lowest BCUT2D eigenvalue weighted by atomic mass is 9.70. The second-order valence-electron chi connectivity index (χ2n) is 7.32. The van der Waals surface area contributed by atoms with E-state index in [0.29, 0.717) is 23.3 Å². The molecule has 2 aliphatic rings. The number of Topliss-reactive ketones (excluding diaryl/α,β-unsaturated/α-hetero) is 1. The van der Waals surface area contributed by atoms with Crippen molar-refractivity contribution in [3.8, 4) is 11.8 Å². The quantitative estimate of drug-likeness (QED) is 0.840. The monoisotopic (exact) mass is 378 g/mol. The molecule has 0 bridgehead atoms. The van der Waals surface area contributed by atoms with Crippen molar-refractivity contribution < 1.29 is 27.4 Å². The van der Waals surface area contributed by atoms with Crippen LogP contribution in [-0.2, 0) is 9.53 Å². The fourth-order valence-electron chi connectivity index (χ4n) is 3.48. The highest BCUT2D eigenvalue weighted by molar-refractivity contribution is 6.00. The van der Waals surface area contributed by atoms with Gasteiger partial charge in [0.05, 0.1) is 5.92 Å². The first-order valence-electron chi connectivity index (χ1n) is 8.20. The van der Waals surface area contributed by atoms with Crippen molar-refractivity contribution in [2.75, 3.05) is 0 Å². The van der Waals surface area contributed by atoms with Crippen molar-refractivity contribution in [3.63, 3.8) is 0 Å². The molecule has 1 aromatic rings. The average molecular weight is 378 g/mol. The number of hydrogen-bond donors (Lipinski definition) is 1. The van der Waals surface area contributed by atoms with E-state index < -0.39 is 12.3 Å². The van der Waals surface area contributed by atoms with E-state index in [-0.39, 0.29) is 34.8 Å². The van der Waals surface area contributed by atoms with E-state index in [2.05, 4.69) is 4.74 Å². The molecule has 0 amide bonds. The number of benzene rings is 1. The summed E-state index contributed by atoms with van der Waals surface area (Å²) in [5.74, 6) is -1.01. The highest BCUT2D eigenvalue weighted by Crippen LogP contribution is 2.48. The lowest BCUT2D eigenvalue weighted by Crippen LogP contribution is -2.33. The van der Waals surface area contributed by atoms with Crippen LogP contribution < -0.4 is 10.5 Å². The third kappa shape index (κ3) is 3.77. The van der Waals surface area contributed by atoms with Gasteiger partial charge in [0.15, 0.2) is 5.78 Å². The Labute approximate surface area is 153 Å². The number of carbonyl (C=O) groups is 1. The number of halogens is 3. The molecule has 0 radical (unpaired) electrons. The molecule has 5 nitrogen and oxygen atoms in total. The second kappa shape index (κ2) is 6.34. The van der Waals surface area contributed by atoms with E-state index >= 15 is 0 Å². The largest absolute Gasteiger partial charge is 0.573 e. The van der Waals surface area contributed by atoms with Crippen molar-refractivity contribution in [1.82, 2.24) is 0 Å². The van der Waals surface area contributed by atoms with E-state index in [0.717, 1.165) is 12.1 Å². The predicted molar refractivity (Wildman–Crippen MR) is 88.8 cm³/mol. The van der Waals surface area contributed by atoms with Gasteiger partial charge in [-0.15, -0.1) is 13.2 Å². The number of nitrogens with two attached hydrogens (primary N) is 1. The highest BCUT2D eigenvalue weighted by Gasteiger charge is 2.43. The fraction of sp³-hybridized carbons (Fsp3) is 0.368. The molecule has 1 atom stereocenters. The Morgan fingerprint density at radius 2 is 1.89 bits per heavy atom. The minimum atomic E-state index is -4.80. The number of nitrogens with zero attached hydrogens (tertiary/aromatic N) is 1. The Morgan fingerprint density at radius 1 is 1.26 bits per heavy atom. The first-order chi connectivity index (χ1) is 12.5. The summed E-state index contributed by atoms with van der Waals surface area (Å²) in [4.78, 5) is 12.8. The van der Waals surface area contributed by atoms with Crippen molar-refractivity contribution >= 4 is 5.78 Å². The number of rotatable bonds is 2. The molecule has 2 N–H and O–H groups in total. The van der Waals surface area contributed by atoms with Crippen LogP contribution in [0.5, 0.6) is 5.75 Å². The molecular weight excluding hydrogens is 361 g/mol. The summed E-state index contributed by atoms with van der Waals surface area (Å²) in [7, 11) is 0. The van der Waals surface area contributed by atoms with E-state index in [1.54, 1.807) is 0 Å². The van der Waals surface area contributed by atoms with Gasteiger partial charge in [0.2, 0.25) is 5.88 Å². The maximum atomic E-state index is 12.8. The molecule has 1 aliphatic heterocycles. The molecular formula is C19H17F3N2O3. The van der Waals surface area contributed by atoms with Crippen molar-refractivity contribution in [1.29, 1.82) is 5.26 Å². The second-order valence-corrected chi connectivity index (χ2v) is 7.32. The van der Waals surface area contributed by atoms with Crippen LogP contribution in [0.15, 0.2) is 47.1 Å². The smallest absolute Gasteiger partial charge is 0.444 e. The number of alkyl halides is 3. The predicted octanol–water partition coefficient (Wildman–Crippen LogP) is 4.04. The topological polar surface area (TPSA) is 85.3 Å². The summed E-state index contributed by atoms with van der Waals surface area (Å²) in [5, 5.41) is 9.50. The number of hydrogen-bond acceptors (Lipinski definition) is 5. The molecule has 0 spiro atoms. The maximum Gasteiger partial charge on any atom is 0.573 e. The van der Waals surface area contributed by atoms with Gasteiger partial charge in [-0.2, -0.15) is 5.26 Å².